The van der Waals surface area contributed by atoms with Gasteiger partial charge >= 0.3 is 11.8 Å². The van der Waals surface area contributed by atoms with Gasteiger partial charge in [0.1, 0.15) is 0 Å². The van der Waals surface area contributed by atoms with Gasteiger partial charge in [-0.05, 0) is 26.7 Å². The van der Waals surface area contributed by atoms with Crippen molar-refractivity contribution in [2.75, 3.05) is 26.2 Å². The maximum absolute atomic E-state index is 11.9. The highest BCUT2D eigenvalue weighted by atomic mass is 16.3. The van der Waals surface area contributed by atoms with Gasteiger partial charge in [0.15, 0.2) is 0 Å². The van der Waals surface area contributed by atoms with Gasteiger partial charge in [0, 0.05) is 32.3 Å². The van der Waals surface area contributed by atoms with Crippen molar-refractivity contribution in [3.8, 4) is 0 Å². The van der Waals surface area contributed by atoms with E-state index in [0.29, 0.717) is 19.6 Å². The molecule has 5 nitrogen and oxygen atoms in total. The van der Waals surface area contributed by atoms with Crippen LogP contribution >= 0.6 is 0 Å². The molecule has 1 saturated heterocycles. The number of rotatable bonds is 7. The van der Waals surface area contributed by atoms with E-state index in [2.05, 4.69) is 0 Å². The van der Waals surface area contributed by atoms with Gasteiger partial charge in [0.05, 0.1) is 0 Å². The highest BCUT2D eigenvalue weighted by Crippen LogP contribution is 2.10. The minimum atomic E-state index is -0.369. The van der Waals surface area contributed by atoms with Gasteiger partial charge in [0.2, 0.25) is 0 Å². The second-order valence-corrected chi connectivity index (χ2v) is 5.02. The molecule has 0 bridgehead atoms. The van der Waals surface area contributed by atoms with E-state index in [1.165, 1.54) is 0 Å². The third-order valence-electron chi connectivity index (χ3n) is 3.30. The van der Waals surface area contributed by atoms with E-state index in [4.69, 9.17) is 5.11 Å². The van der Waals surface area contributed by atoms with Crippen molar-refractivity contribution >= 4 is 11.8 Å². The lowest BCUT2D eigenvalue weighted by Gasteiger charge is -2.36. The van der Waals surface area contributed by atoms with Crippen LogP contribution in [0.1, 0.15) is 39.5 Å². The van der Waals surface area contributed by atoms with Gasteiger partial charge in [-0.3, -0.25) is 9.59 Å². The molecule has 5 heteroatoms. The smallest absolute Gasteiger partial charge is 0.312 e. The Morgan fingerprint density at radius 1 is 1.06 bits per heavy atom. The van der Waals surface area contributed by atoms with Gasteiger partial charge in [-0.15, -0.1) is 0 Å². The van der Waals surface area contributed by atoms with Crippen LogP contribution in [-0.2, 0) is 9.59 Å². The van der Waals surface area contributed by atoms with Crippen LogP contribution in [0.15, 0.2) is 0 Å². The normalized spacial score (nSPS) is 16.9. The molecule has 0 radical (unpaired) electrons. The maximum atomic E-state index is 11.9. The van der Waals surface area contributed by atoms with Crippen molar-refractivity contribution in [2.24, 2.45) is 0 Å². The zero-order valence-electron chi connectivity index (χ0n) is 11.4. The summed E-state index contributed by atoms with van der Waals surface area (Å²) < 4.78 is 0. The Labute approximate surface area is 109 Å². The van der Waals surface area contributed by atoms with Crippen LogP contribution in [0.2, 0.25) is 0 Å². The molecule has 1 N–H and O–H groups in total. The SMILES string of the molecule is CC(C)N1CCN(CCCCCCO)C(=O)C1=O. The first-order valence-electron chi connectivity index (χ1n) is 6.78. The number of aliphatic hydroxyl groups excluding tert-OH is 1. The molecule has 1 rings (SSSR count). The molecule has 1 heterocycles. The number of aliphatic hydroxyl groups is 1. The molecule has 0 aromatic rings. The predicted octanol–water partition coefficient (Wildman–Crippen LogP) is 0.618. The maximum Gasteiger partial charge on any atom is 0.312 e. The summed E-state index contributed by atoms with van der Waals surface area (Å²) in [7, 11) is 0. The Balaban J connectivity index is 2.32. The highest BCUT2D eigenvalue weighted by Gasteiger charge is 2.33. The second kappa shape index (κ2) is 7.36. The molecule has 1 aliphatic heterocycles. The zero-order valence-corrected chi connectivity index (χ0v) is 11.4. The lowest BCUT2D eigenvalue weighted by Crippen LogP contribution is -2.56. The minimum Gasteiger partial charge on any atom is -0.396 e. The molecule has 0 aromatic heterocycles. The van der Waals surface area contributed by atoms with Crippen LogP contribution < -0.4 is 0 Å². The van der Waals surface area contributed by atoms with Crippen LogP contribution in [0.5, 0.6) is 0 Å². The summed E-state index contributed by atoms with van der Waals surface area (Å²) in [5, 5.41) is 8.66. The molecule has 0 spiro atoms. The first-order chi connectivity index (χ1) is 8.57. The average Bonchev–Trinajstić information content (AvgIpc) is 2.33. The van der Waals surface area contributed by atoms with Crippen molar-refractivity contribution in [3.05, 3.63) is 0 Å². The van der Waals surface area contributed by atoms with E-state index in [9.17, 15) is 9.59 Å². The molecule has 0 saturated carbocycles. The number of hydrogen-bond acceptors (Lipinski definition) is 3. The first kappa shape index (κ1) is 15.0. The quantitative estimate of drug-likeness (QED) is 0.536. The monoisotopic (exact) mass is 256 g/mol. The van der Waals surface area contributed by atoms with Crippen LogP contribution in [0.3, 0.4) is 0 Å². The lowest BCUT2D eigenvalue weighted by atomic mass is 10.1. The Morgan fingerprint density at radius 3 is 2.33 bits per heavy atom. The van der Waals surface area contributed by atoms with Gasteiger partial charge < -0.3 is 14.9 Å². The van der Waals surface area contributed by atoms with Crippen LogP contribution in [0, 0.1) is 0 Å². The summed E-state index contributed by atoms with van der Waals surface area (Å²) in [5.41, 5.74) is 0. The number of piperazine rings is 1. The summed E-state index contributed by atoms with van der Waals surface area (Å²) >= 11 is 0. The molecule has 0 atom stereocenters. The summed E-state index contributed by atoms with van der Waals surface area (Å²) in [4.78, 5) is 27.0. The Morgan fingerprint density at radius 2 is 1.72 bits per heavy atom. The first-order valence-corrected chi connectivity index (χ1v) is 6.78. The fraction of sp³-hybridized carbons (Fsp3) is 0.846. The van der Waals surface area contributed by atoms with Crippen molar-refractivity contribution in [1.82, 2.24) is 9.80 Å². The van der Waals surface area contributed by atoms with Crippen molar-refractivity contribution in [3.63, 3.8) is 0 Å². The summed E-state index contributed by atoms with van der Waals surface area (Å²) in [6.07, 6.45) is 3.69. The van der Waals surface area contributed by atoms with Gasteiger partial charge in [0.25, 0.3) is 0 Å². The molecule has 1 fully saturated rings. The largest absolute Gasteiger partial charge is 0.396 e. The second-order valence-electron chi connectivity index (χ2n) is 5.02. The van der Waals surface area contributed by atoms with E-state index in [0.717, 1.165) is 25.7 Å². The Kier molecular flexibility index (Phi) is 6.12. The molecule has 18 heavy (non-hydrogen) atoms. The topological polar surface area (TPSA) is 60.9 Å². The molecule has 2 amide bonds. The highest BCUT2D eigenvalue weighted by molar-refractivity contribution is 6.35. The number of nitrogens with zero attached hydrogens (tertiary/aromatic N) is 2. The number of carbonyl (C=O) groups is 2. The number of hydrogen-bond donors (Lipinski definition) is 1. The molecule has 104 valence electrons. The fourth-order valence-corrected chi connectivity index (χ4v) is 2.16. The standard InChI is InChI=1S/C13H24N2O3/c1-11(2)15-9-8-14(12(17)13(15)18)7-5-3-4-6-10-16/h11,16H,3-10H2,1-2H3. The van der Waals surface area contributed by atoms with E-state index in [1.54, 1.807) is 9.80 Å². The van der Waals surface area contributed by atoms with Crippen molar-refractivity contribution in [1.29, 1.82) is 0 Å². The van der Waals surface area contributed by atoms with E-state index in [1.807, 2.05) is 13.8 Å². The van der Waals surface area contributed by atoms with Crippen LogP contribution in [-0.4, -0.2) is 59.0 Å². The summed E-state index contributed by atoms with van der Waals surface area (Å²) in [6, 6.07) is 0.0909. The predicted molar refractivity (Wildman–Crippen MR) is 69.0 cm³/mol. The summed E-state index contributed by atoms with van der Waals surface area (Å²) in [5.74, 6) is -0.733. The van der Waals surface area contributed by atoms with Crippen LogP contribution in [0.25, 0.3) is 0 Å². The van der Waals surface area contributed by atoms with E-state index >= 15 is 0 Å². The summed E-state index contributed by atoms with van der Waals surface area (Å²) in [6.45, 7) is 6.01. The molecular weight excluding hydrogens is 232 g/mol. The lowest BCUT2D eigenvalue weighted by molar-refractivity contribution is -0.157. The third kappa shape index (κ3) is 3.98. The van der Waals surface area contributed by atoms with Crippen molar-refractivity contribution in [2.45, 2.75) is 45.6 Å². The Hall–Kier alpha value is -1.10. The molecule has 1 aliphatic rings. The van der Waals surface area contributed by atoms with E-state index < -0.39 is 0 Å². The minimum absolute atomic E-state index is 0.0909. The van der Waals surface area contributed by atoms with Gasteiger partial charge in [-0.1, -0.05) is 12.8 Å². The van der Waals surface area contributed by atoms with Gasteiger partial charge in [-0.25, -0.2) is 0 Å². The average molecular weight is 256 g/mol. The van der Waals surface area contributed by atoms with Crippen LogP contribution in [0.4, 0.5) is 0 Å². The van der Waals surface area contributed by atoms with Gasteiger partial charge in [-0.2, -0.15) is 0 Å². The third-order valence-corrected chi connectivity index (χ3v) is 3.30. The zero-order chi connectivity index (χ0) is 13.5. The van der Waals surface area contributed by atoms with E-state index in [-0.39, 0.29) is 24.5 Å². The number of carbonyl (C=O) groups excluding carboxylic acids is 2. The fourth-order valence-electron chi connectivity index (χ4n) is 2.16. The Bertz CT molecular complexity index is 292. The molecule has 0 unspecified atom stereocenters. The molecule has 0 aliphatic carbocycles. The molecular formula is C13H24N2O3. The van der Waals surface area contributed by atoms with Crippen molar-refractivity contribution < 1.29 is 14.7 Å². The number of amides is 2. The molecule has 0 aromatic carbocycles. The number of unbranched alkanes of at least 4 members (excludes halogenated alkanes) is 3.